The molecule has 1 heterocycles. The fourth-order valence-electron chi connectivity index (χ4n) is 4.95. The van der Waals surface area contributed by atoms with Gasteiger partial charge in [0.2, 0.25) is 0 Å². The smallest absolute Gasteiger partial charge is 0.122 e. The number of hydrogen-bond donors (Lipinski definition) is 1. The van der Waals surface area contributed by atoms with Crippen molar-refractivity contribution in [1.29, 1.82) is 0 Å². The first-order chi connectivity index (χ1) is 12.8. The molecule has 3 nitrogen and oxygen atoms in total. The van der Waals surface area contributed by atoms with Crippen molar-refractivity contribution in [3.05, 3.63) is 29.8 Å². The number of nitrogens with zero attached hydrogens (tertiary/aromatic N) is 1. The molecule has 0 radical (unpaired) electrons. The summed E-state index contributed by atoms with van der Waals surface area (Å²) in [5.74, 6) is 1.12. The van der Waals surface area contributed by atoms with Crippen molar-refractivity contribution in [2.45, 2.75) is 88.7 Å². The number of rotatable bonds is 3. The van der Waals surface area contributed by atoms with Gasteiger partial charge in [0.15, 0.2) is 0 Å². The van der Waals surface area contributed by atoms with Crippen molar-refractivity contribution < 1.29 is 9.84 Å². The number of methoxy groups -OCH3 is 1. The van der Waals surface area contributed by atoms with Gasteiger partial charge < -0.3 is 9.84 Å². The molecule has 27 heavy (non-hydrogen) atoms. The largest absolute Gasteiger partial charge is 0.496 e. The van der Waals surface area contributed by atoms with E-state index in [4.69, 9.17) is 4.74 Å². The van der Waals surface area contributed by atoms with Crippen LogP contribution >= 0.6 is 12.4 Å². The van der Waals surface area contributed by atoms with E-state index in [1.165, 1.54) is 69.8 Å². The Balaban J connectivity index is 0.00000261. The molecule has 154 valence electrons. The van der Waals surface area contributed by atoms with E-state index in [1.54, 1.807) is 7.11 Å². The van der Waals surface area contributed by atoms with Crippen molar-refractivity contribution in [3.63, 3.8) is 0 Å². The minimum absolute atomic E-state index is 0. The zero-order valence-corrected chi connectivity index (χ0v) is 17.8. The topological polar surface area (TPSA) is 32.7 Å². The van der Waals surface area contributed by atoms with E-state index in [0.29, 0.717) is 6.04 Å². The third-order valence-electron chi connectivity index (χ3n) is 6.49. The molecule has 1 saturated carbocycles. The molecule has 1 N–H and O–H groups in total. The van der Waals surface area contributed by atoms with Gasteiger partial charge in [-0.1, -0.05) is 69.6 Å². The van der Waals surface area contributed by atoms with Crippen LogP contribution in [0.1, 0.15) is 82.1 Å². The Morgan fingerprint density at radius 2 is 1.48 bits per heavy atom. The lowest BCUT2D eigenvalue weighted by molar-refractivity contribution is 0.0238. The molecule has 0 aromatic heterocycles. The normalized spacial score (nSPS) is 26.6. The van der Waals surface area contributed by atoms with Crippen LogP contribution in [0.2, 0.25) is 0 Å². The summed E-state index contributed by atoms with van der Waals surface area (Å²) in [6, 6.07) is 8.86. The molecule has 0 amide bonds. The van der Waals surface area contributed by atoms with E-state index in [0.717, 1.165) is 25.3 Å². The fourth-order valence-corrected chi connectivity index (χ4v) is 4.95. The molecule has 0 bridgehead atoms. The van der Waals surface area contributed by atoms with Crippen LogP contribution < -0.4 is 4.74 Å². The van der Waals surface area contributed by atoms with Crippen molar-refractivity contribution in [2.75, 3.05) is 20.2 Å². The maximum atomic E-state index is 10.9. The summed E-state index contributed by atoms with van der Waals surface area (Å²) >= 11 is 0. The number of para-hydroxylation sites is 1. The van der Waals surface area contributed by atoms with Crippen LogP contribution in [0.3, 0.4) is 0 Å². The van der Waals surface area contributed by atoms with Gasteiger partial charge in [0.1, 0.15) is 5.75 Å². The third kappa shape index (κ3) is 6.37. The molecule has 1 saturated heterocycles. The van der Waals surface area contributed by atoms with Crippen LogP contribution in [-0.4, -0.2) is 42.4 Å². The molecule has 2 unspecified atom stereocenters. The number of ether oxygens (including phenoxy) is 1. The van der Waals surface area contributed by atoms with Gasteiger partial charge in [0.05, 0.1) is 13.2 Å². The molecule has 2 aliphatic rings. The molecule has 0 spiro atoms. The predicted octanol–water partition coefficient (Wildman–Crippen LogP) is 5.55. The number of aliphatic hydroxyl groups excluding tert-OH is 1. The quantitative estimate of drug-likeness (QED) is 0.728. The highest BCUT2D eigenvalue weighted by atomic mass is 35.5. The summed E-state index contributed by atoms with van der Waals surface area (Å²) in [4.78, 5) is 2.59. The maximum Gasteiger partial charge on any atom is 0.122 e. The second-order valence-electron chi connectivity index (χ2n) is 8.26. The van der Waals surface area contributed by atoms with Crippen LogP contribution in [-0.2, 0) is 0 Å². The van der Waals surface area contributed by atoms with Gasteiger partial charge in [-0.05, 0) is 37.4 Å². The highest BCUT2D eigenvalue weighted by molar-refractivity contribution is 5.85. The van der Waals surface area contributed by atoms with E-state index in [9.17, 15) is 5.11 Å². The Morgan fingerprint density at radius 3 is 2.07 bits per heavy atom. The number of benzene rings is 1. The maximum absolute atomic E-state index is 10.9. The van der Waals surface area contributed by atoms with Crippen LogP contribution in [0.5, 0.6) is 5.75 Å². The van der Waals surface area contributed by atoms with Gasteiger partial charge in [-0.15, -0.1) is 12.4 Å². The third-order valence-corrected chi connectivity index (χ3v) is 6.49. The summed E-state index contributed by atoms with van der Waals surface area (Å²) < 4.78 is 5.53. The number of likely N-dealkylation sites (tertiary alicyclic amines) is 1. The van der Waals surface area contributed by atoms with Gasteiger partial charge in [-0.3, -0.25) is 4.90 Å². The molecular weight excluding hydrogens is 358 g/mol. The summed E-state index contributed by atoms with van der Waals surface area (Å²) in [5.41, 5.74) is 1.17. The lowest BCUT2D eigenvalue weighted by Gasteiger charge is -2.41. The molecule has 2 atom stereocenters. The number of hydrogen-bond acceptors (Lipinski definition) is 3. The van der Waals surface area contributed by atoms with E-state index >= 15 is 0 Å². The van der Waals surface area contributed by atoms with Gasteiger partial charge in [-0.2, -0.15) is 0 Å². The van der Waals surface area contributed by atoms with Crippen LogP contribution in [0, 0.1) is 0 Å². The first-order valence-electron chi connectivity index (χ1n) is 10.8. The Morgan fingerprint density at radius 1 is 0.889 bits per heavy atom. The average molecular weight is 396 g/mol. The van der Waals surface area contributed by atoms with Gasteiger partial charge in [-0.25, -0.2) is 0 Å². The van der Waals surface area contributed by atoms with Crippen LogP contribution in [0.4, 0.5) is 0 Å². The van der Waals surface area contributed by atoms with Gasteiger partial charge in [0, 0.05) is 18.5 Å². The highest BCUT2D eigenvalue weighted by Crippen LogP contribution is 2.35. The van der Waals surface area contributed by atoms with Gasteiger partial charge >= 0.3 is 0 Å². The minimum atomic E-state index is -0.293. The molecule has 1 aromatic carbocycles. The molecule has 1 aliphatic heterocycles. The number of β-amino-alcohol motifs (C(OH)–C–C–N with tert-alkyl or cyclic N) is 1. The van der Waals surface area contributed by atoms with Crippen molar-refractivity contribution in [3.8, 4) is 5.75 Å². The molecule has 1 aromatic rings. The van der Waals surface area contributed by atoms with E-state index in [1.807, 2.05) is 12.1 Å². The minimum Gasteiger partial charge on any atom is -0.496 e. The Kier molecular flexibility index (Phi) is 9.95. The average Bonchev–Trinajstić information content (AvgIpc) is 2.73. The Labute approximate surface area is 171 Å². The predicted molar refractivity (Wildman–Crippen MR) is 115 cm³/mol. The Bertz CT molecular complexity index is 527. The summed E-state index contributed by atoms with van der Waals surface area (Å²) in [6.45, 7) is 1.91. The molecule has 3 rings (SSSR count). The number of halogens is 1. The van der Waals surface area contributed by atoms with E-state index in [2.05, 4.69) is 17.0 Å². The Hall–Kier alpha value is -0.770. The zero-order valence-electron chi connectivity index (χ0n) is 16.9. The van der Waals surface area contributed by atoms with Gasteiger partial charge in [0.25, 0.3) is 0 Å². The molecular formula is C23H38ClNO2. The van der Waals surface area contributed by atoms with Crippen molar-refractivity contribution >= 4 is 12.4 Å². The zero-order chi connectivity index (χ0) is 18.2. The first kappa shape index (κ1) is 22.5. The van der Waals surface area contributed by atoms with Crippen LogP contribution in [0.25, 0.3) is 0 Å². The lowest BCUT2D eigenvalue weighted by atomic mass is 9.85. The molecule has 1 aliphatic carbocycles. The summed E-state index contributed by atoms with van der Waals surface area (Å²) in [6.07, 6.45) is 14.5. The van der Waals surface area contributed by atoms with Crippen molar-refractivity contribution in [2.24, 2.45) is 0 Å². The molecule has 4 heteroatoms. The number of piperidine rings is 1. The molecule has 2 fully saturated rings. The fraction of sp³-hybridized carbons (Fsp3) is 0.739. The lowest BCUT2D eigenvalue weighted by Crippen LogP contribution is -2.47. The highest BCUT2D eigenvalue weighted by Gasteiger charge is 2.33. The van der Waals surface area contributed by atoms with E-state index < -0.39 is 0 Å². The SMILES string of the molecule is COc1ccccc1C1CCN(C2CCCCCCCCCC2)CC1O.Cl. The first-order valence-corrected chi connectivity index (χ1v) is 10.8. The second kappa shape index (κ2) is 11.9. The monoisotopic (exact) mass is 395 g/mol. The van der Waals surface area contributed by atoms with Crippen LogP contribution in [0.15, 0.2) is 24.3 Å². The number of aliphatic hydroxyl groups is 1. The van der Waals surface area contributed by atoms with Crippen molar-refractivity contribution in [1.82, 2.24) is 4.90 Å². The summed E-state index contributed by atoms with van der Waals surface area (Å²) in [5, 5.41) is 10.9. The second-order valence-corrected chi connectivity index (χ2v) is 8.26. The summed E-state index contributed by atoms with van der Waals surface area (Å²) in [7, 11) is 1.73. The van der Waals surface area contributed by atoms with E-state index in [-0.39, 0.29) is 24.4 Å². The standard InChI is InChI=1S/C23H37NO2.ClH/c1-26-23-15-11-10-14-21(23)20-16-17-24(18-22(20)25)19-12-8-6-4-2-3-5-7-9-13-19;/h10-11,14-15,19-20,22,25H,2-9,12-13,16-18H2,1H3;1H.